The van der Waals surface area contributed by atoms with Gasteiger partial charge in [0.15, 0.2) is 0 Å². The van der Waals surface area contributed by atoms with Crippen molar-refractivity contribution in [2.24, 2.45) is 5.84 Å². The number of hydrazine groups is 1. The molecule has 3 nitrogen and oxygen atoms in total. The normalized spacial score (nSPS) is 12.4. The molecule has 2 rings (SSSR count). The summed E-state index contributed by atoms with van der Waals surface area (Å²) in [6.45, 7) is 1.73. The van der Waals surface area contributed by atoms with Gasteiger partial charge in [0.25, 0.3) is 0 Å². The van der Waals surface area contributed by atoms with Crippen LogP contribution in [0.5, 0.6) is 5.75 Å². The van der Waals surface area contributed by atoms with Crippen molar-refractivity contribution < 1.29 is 9.13 Å². The summed E-state index contributed by atoms with van der Waals surface area (Å²) < 4.78 is 18.9. The lowest BCUT2D eigenvalue weighted by molar-refractivity contribution is 0.407. The van der Waals surface area contributed by atoms with Crippen molar-refractivity contribution >= 4 is 11.3 Å². The van der Waals surface area contributed by atoms with Crippen LogP contribution in [0.3, 0.4) is 0 Å². The number of thiophene rings is 1. The number of benzene rings is 1. The fourth-order valence-electron chi connectivity index (χ4n) is 1.80. The zero-order chi connectivity index (χ0) is 13.1. The first-order chi connectivity index (χ1) is 8.67. The first kappa shape index (κ1) is 13.0. The zero-order valence-electron chi connectivity index (χ0n) is 10.2. The van der Waals surface area contributed by atoms with Crippen LogP contribution in [0.25, 0.3) is 0 Å². The topological polar surface area (TPSA) is 47.3 Å². The first-order valence-corrected chi connectivity index (χ1v) is 6.39. The number of halogens is 1. The molecular weight excluding hydrogens is 251 g/mol. The van der Waals surface area contributed by atoms with Crippen molar-refractivity contribution in [3.05, 3.63) is 51.5 Å². The molecule has 5 heteroatoms. The van der Waals surface area contributed by atoms with Crippen LogP contribution < -0.4 is 16.0 Å². The zero-order valence-corrected chi connectivity index (χ0v) is 11.1. The van der Waals surface area contributed by atoms with Crippen LogP contribution in [0, 0.1) is 12.7 Å². The van der Waals surface area contributed by atoms with E-state index in [1.807, 2.05) is 17.5 Å². The predicted octanol–water partition coefficient (Wildman–Crippen LogP) is 2.76. The summed E-state index contributed by atoms with van der Waals surface area (Å²) in [4.78, 5) is 0.934. The standard InChI is InChI=1S/C13H15FN2OS/c1-8-3-4-9(7-10(8)14)12(16-15)13-11(17-2)5-6-18-13/h3-7,12,16H,15H2,1-2H3. The van der Waals surface area contributed by atoms with Crippen LogP contribution in [0.1, 0.15) is 22.0 Å². The van der Waals surface area contributed by atoms with E-state index in [4.69, 9.17) is 10.6 Å². The highest BCUT2D eigenvalue weighted by molar-refractivity contribution is 7.10. The fraction of sp³-hybridized carbons (Fsp3) is 0.231. The lowest BCUT2D eigenvalue weighted by Crippen LogP contribution is -2.28. The molecule has 0 aliphatic carbocycles. The molecule has 18 heavy (non-hydrogen) atoms. The van der Waals surface area contributed by atoms with E-state index in [0.29, 0.717) is 5.56 Å². The van der Waals surface area contributed by atoms with E-state index in [9.17, 15) is 4.39 Å². The van der Waals surface area contributed by atoms with Gasteiger partial charge in [0.1, 0.15) is 11.6 Å². The van der Waals surface area contributed by atoms with E-state index >= 15 is 0 Å². The van der Waals surface area contributed by atoms with Gasteiger partial charge in [-0.15, -0.1) is 11.3 Å². The van der Waals surface area contributed by atoms with Crippen molar-refractivity contribution in [3.8, 4) is 5.75 Å². The third-order valence-electron chi connectivity index (χ3n) is 2.84. The summed E-state index contributed by atoms with van der Waals surface area (Å²) in [6, 6.07) is 6.71. The highest BCUT2D eigenvalue weighted by Crippen LogP contribution is 2.34. The molecule has 1 heterocycles. The molecule has 1 unspecified atom stereocenters. The van der Waals surface area contributed by atoms with Gasteiger partial charge in [0, 0.05) is 0 Å². The molecule has 0 radical (unpaired) electrons. The molecular formula is C13H15FN2OS. The molecule has 0 fully saturated rings. The Bertz CT molecular complexity index is 542. The van der Waals surface area contributed by atoms with Gasteiger partial charge in [-0.25, -0.2) is 9.82 Å². The van der Waals surface area contributed by atoms with E-state index in [-0.39, 0.29) is 11.9 Å². The van der Waals surface area contributed by atoms with E-state index in [2.05, 4.69) is 5.43 Å². The molecule has 3 N–H and O–H groups in total. The number of hydrogen-bond donors (Lipinski definition) is 2. The molecule has 0 spiro atoms. The molecule has 0 saturated carbocycles. The van der Waals surface area contributed by atoms with Crippen molar-refractivity contribution in [1.29, 1.82) is 0 Å². The number of methoxy groups -OCH3 is 1. The van der Waals surface area contributed by atoms with Crippen LogP contribution in [0.2, 0.25) is 0 Å². The van der Waals surface area contributed by atoms with Gasteiger partial charge < -0.3 is 4.74 Å². The second-order valence-electron chi connectivity index (χ2n) is 3.96. The molecule has 0 bridgehead atoms. The summed E-state index contributed by atoms with van der Waals surface area (Å²) in [5, 5.41) is 1.92. The summed E-state index contributed by atoms with van der Waals surface area (Å²) in [6.07, 6.45) is 0. The van der Waals surface area contributed by atoms with Gasteiger partial charge in [-0.1, -0.05) is 12.1 Å². The van der Waals surface area contributed by atoms with Crippen LogP contribution in [-0.2, 0) is 0 Å². The molecule has 2 aromatic rings. The average molecular weight is 266 g/mol. The summed E-state index contributed by atoms with van der Waals surface area (Å²) in [5.41, 5.74) is 4.10. The number of hydrogen-bond acceptors (Lipinski definition) is 4. The first-order valence-electron chi connectivity index (χ1n) is 5.51. The minimum absolute atomic E-state index is 0.233. The van der Waals surface area contributed by atoms with Crippen molar-refractivity contribution in [3.63, 3.8) is 0 Å². The minimum Gasteiger partial charge on any atom is -0.496 e. The van der Waals surface area contributed by atoms with Crippen molar-refractivity contribution in [1.82, 2.24) is 5.43 Å². The maximum Gasteiger partial charge on any atom is 0.134 e. The highest BCUT2D eigenvalue weighted by atomic mass is 32.1. The smallest absolute Gasteiger partial charge is 0.134 e. The van der Waals surface area contributed by atoms with Gasteiger partial charge in [-0.3, -0.25) is 5.84 Å². The van der Waals surface area contributed by atoms with Crippen LogP contribution >= 0.6 is 11.3 Å². The Morgan fingerprint density at radius 2 is 2.17 bits per heavy atom. The van der Waals surface area contributed by atoms with Gasteiger partial charge in [-0.2, -0.15) is 0 Å². The number of rotatable bonds is 4. The Labute approximate surface area is 109 Å². The fourth-order valence-corrected chi connectivity index (χ4v) is 2.75. The summed E-state index contributed by atoms with van der Waals surface area (Å²) >= 11 is 1.52. The van der Waals surface area contributed by atoms with Crippen LogP contribution in [-0.4, -0.2) is 7.11 Å². The predicted molar refractivity (Wildman–Crippen MR) is 71.2 cm³/mol. The average Bonchev–Trinajstić information content (AvgIpc) is 2.83. The number of nitrogens with two attached hydrogens (primary N) is 1. The second kappa shape index (κ2) is 5.48. The van der Waals surface area contributed by atoms with Gasteiger partial charge in [-0.05, 0) is 35.6 Å². The molecule has 1 aromatic carbocycles. The van der Waals surface area contributed by atoms with Gasteiger partial charge in [0.05, 0.1) is 18.0 Å². The molecule has 1 atom stereocenters. The van der Waals surface area contributed by atoms with Gasteiger partial charge in [0.2, 0.25) is 0 Å². The SMILES string of the molecule is COc1ccsc1C(NN)c1ccc(C)c(F)c1. The third-order valence-corrected chi connectivity index (χ3v) is 3.80. The maximum absolute atomic E-state index is 13.6. The summed E-state index contributed by atoms with van der Waals surface area (Å²) in [5.74, 6) is 6.11. The lowest BCUT2D eigenvalue weighted by Gasteiger charge is -2.17. The Balaban J connectivity index is 2.42. The monoisotopic (exact) mass is 266 g/mol. The molecule has 0 aliphatic heterocycles. The van der Waals surface area contributed by atoms with Crippen molar-refractivity contribution in [2.45, 2.75) is 13.0 Å². The largest absolute Gasteiger partial charge is 0.496 e. The Morgan fingerprint density at radius 3 is 2.78 bits per heavy atom. The lowest BCUT2D eigenvalue weighted by atomic mass is 10.0. The molecule has 0 amide bonds. The quantitative estimate of drug-likeness (QED) is 0.661. The second-order valence-corrected chi connectivity index (χ2v) is 4.91. The maximum atomic E-state index is 13.6. The molecule has 96 valence electrons. The Kier molecular flexibility index (Phi) is 3.96. The molecule has 1 aromatic heterocycles. The van der Waals surface area contributed by atoms with E-state index in [0.717, 1.165) is 16.2 Å². The Hall–Kier alpha value is -1.43. The number of ether oxygens (including phenoxy) is 1. The van der Waals surface area contributed by atoms with E-state index in [1.165, 1.54) is 17.4 Å². The summed E-state index contributed by atoms with van der Waals surface area (Å²) in [7, 11) is 1.61. The molecule has 0 saturated heterocycles. The Morgan fingerprint density at radius 1 is 1.39 bits per heavy atom. The van der Waals surface area contributed by atoms with E-state index in [1.54, 1.807) is 20.1 Å². The van der Waals surface area contributed by atoms with Crippen LogP contribution in [0.4, 0.5) is 4.39 Å². The molecule has 0 aliphatic rings. The number of nitrogens with one attached hydrogen (secondary N) is 1. The van der Waals surface area contributed by atoms with Gasteiger partial charge >= 0.3 is 0 Å². The highest BCUT2D eigenvalue weighted by Gasteiger charge is 2.19. The third kappa shape index (κ3) is 2.38. The number of aryl methyl sites for hydroxylation is 1. The van der Waals surface area contributed by atoms with Crippen LogP contribution in [0.15, 0.2) is 29.6 Å². The van der Waals surface area contributed by atoms with Crippen molar-refractivity contribution in [2.75, 3.05) is 7.11 Å². The van der Waals surface area contributed by atoms with E-state index < -0.39 is 0 Å². The minimum atomic E-state index is -0.268.